The van der Waals surface area contributed by atoms with Crippen LogP contribution in [-0.4, -0.2) is 32.3 Å². The fourth-order valence-electron chi connectivity index (χ4n) is 1.29. The highest BCUT2D eigenvalue weighted by Crippen LogP contribution is 2.12. The zero-order valence-corrected chi connectivity index (χ0v) is 9.20. The standard InChI is InChI=1S/C10H11N5O2/c1-2-17-10(16)7-5-8(11)15(14-7)9-3-4-12-6-13-9/h3-6H,2,11H2,1H3. The minimum atomic E-state index is -0.507. The van der Waals surface area contributed by atoms with E-state index in [9.17, 15) is 4.79 Å². The van der Waals surface area contributed by atoms with Gasteiger partial charge in [0.25, 0.3) is 0 Å². The first-order valence-corrected chi connectivity index (χ1v) is 5.01. The van der Waals surface area contributed by atoms with Gasteiger partial charge in [-0.3, -0.25) is 0 Å². The number of anilines is 1. The first-order valence-electron chi connectivity index (χ1n) is 5.01. The van der Waals surface area contributed by atoms with Gasteiger partial charge in [0.1, 0.15) is 12.1 Å². The molecule has 7 heteroatoms. The molecule has 2 aromatic rings. The Kier molecular flexibility index (Phi) is 2.99. The third kappa shape index (κ3) is 2.22. The average molecular weight is 233 g/mol. The second-order valence-electron chi connectivity index (χ2n) is 3.15. The van der Waals surface area contributed by atoms with Crippen LogP contribution in [0, 0.1) is 0 Å². The summed E-state index contributed by atoms with van der Waals surface area (Å²) in [4.78, 5) is 19.2. The van der Waals surface area contributed by atoms with E-state index in [-0.39, 0.29) is 5.69 Å². The number of ether oxygens (including phenoxy) is 1. The topological polar surface area (TPSA) is 95.9 Å². The van der Waals surface area contributed by atoms with Crippen molar-refractivity contribution < 1.29 is 9.53 Å². The van der Waals surface area contributed by atoms with E-state index in [4.69, 9.17) is 10.5 Å². The van der Waals surface area contributed by atoms with Gasteiger partial charge in [-0.05, 0) is 6.92 Å². The Bertz CT molecular complexity index is 523. The predicted octanol–water partition coefficient (Wildman–Crippen LogP) is 0.421. The van der Waals surface area contributed by atoms with Gasteiger partial charge in [0, 0.05) is 18.3 Å². The van der Waals surface area contributed by atoms with E-state index in [1.807, 2.05) is 0 Å². The summed E-state index contributed by atoms with van der Waals surface area (Å²) in [7, 11) is 0. The Morgan fingerprint density at radius 2 is 2.41 bits per heavy atom. The number of aromatic nitrogens is 4. The highest BCUT2D eigenvalue weighted by Gasteiger charge is 2.14. The summed E-state index contributed by atoms with van der Waals surface area (Å²) in [5.74, 6) is 0.298. The van der Waals surface area contributed by atoms with Crippen LogP contribution in [0.1, 0.15) is 17.4 Å². The van der Waals surface area contributed by atoms with Crippen molar-refractivity contribution in [2.24, 2.45) is 0 Å². The van der Waals surface area contributed by atoms with E-state index in [1.165, 1.54) is 17.1 Å². The summed E-state index contributed by atoms with van der Waals surface area (Å²) in [5.41, 5.74) is 5.90. The minimum Gasteiger partial charge on any atom is -0.461 e. The Morgan fingerprint density at radius 1 is 1.59 bits per heavy atom. The molecule has 0 aliphatic carbocycles. The second kappa shape index (κ2) is 4.60. The molecule has 0 unspecified atom stereocenters. The van der Waals surface area contributed by atoms with Crippen LogP contribution < -0.4 is 5.73 Å². The van der Waals surface area contributed by atoms with E-state index < -0.39 is 5.97 Å². The quantitative estimate of drug-likeness (QED) is 0.772. The van der Waals surface area contributed by atoms with Crippen molar-refractivity contribution in [1.29, 1.82) is 0 Å². The van der Waals surface area contributed by atoms with Gasteiger partial charge in [-0.25, -0.2) is 14.8 Å². The van der Waals surface area contributed by atoms with Crippen molar-refractivity contribution in [3.8, 4) is 5.82 Å². The predicted molar refractivity (Wildman–Crippen MR) is 59.5 cm³/mol. The van der Waals surface area contributed by atoms with Gasteiger partial charge in [-0.2, -0.15) is 9.78 Å². The van der Waals surface area contributed by atoms with Gasteiger partial charge in [0.15, 0.2) is 11.5 Å². The number of esters is 1. The molecule has 2 rings (SSSR count). The lowest BCUT2D eigenvalue weighted by Crippen LogP contribution is -2.07. The molecule has 7 nitrogen and oxygen atoms in total. The van der Waals surface area contributed by atoms with Crippen molar-refractivity contribution in [3.05, 3.63) is 30.4 Å². The Hall–Kier alpha value is -2.44. The summed E-state index contributed by atoms with van der Waals surface area (Å²) < 4.78 is 6.18. The van der Waals surface area contributed by atoms with E-state index >= 15 is 0 Å². The minimum absolute atomic E-state index is 0.156. The van der Waals surface area contributed by atoms with Gasteiger partial charge in [0.2, 0.25) is 0 Å². The fourth-order valence-corrected chi connectivity index (χ4v) is 1.29. The number of carbonyl (C=O) groups is 1. The summed E-state index contributed by atoms with van der Waals surface area (Å²) >= 11 is 0. The molecule has 0 atom stereocenters. The molecule has 0 aliphatic heterocycles. The Balaban J connectivity index is 2.35. The molecule has 0 saturated heterocycles. The lowest BCUT2D eigenvalue weighted by atomic mass is 10.4. The van der Waals surface area contributed by atoms with Gasteiger partial charge in [-0.1, -0.05) is 0 Å². The lowest BCUT2D eigenvalue weighted by Gasteiger charge is -2.00. The first-order chi connectivity index (χ1) is 8.22. The zero-order valence-electron chi connectivity index (χ0n) is 9.20. The van der Waals surface area contributed by atoms with E-state index in [0.717, 1.165) is 0 Å². The molecule has 0 radical (unpaired) electrons. The molecule has 0 bridgehead atoms. The first kappa shape index (κ1) is 11.1. The molecule has 0 aromatic carbocycles. The van der Waals surface area contributed by atoms with Crippen LogP contribution >= 0.6 is 0 Å². The molecule has 0 fully saturated rings. The van der Waals surface area contributed by atoms with Crippen molar-refractivity contribution >= 4 is 11.8 Å². The fraction of sp³-hybridized carbons (Fsp3) is 0.200. The van der Waals surface area contributed by atoms with Crippen molar-refractivity contribution in [2.75, 3.05) is 12.3 Å². The number of hydrogen-bond acceptors (Lipinski definition) is 6. The van der Waals surface area contributed by atoms with Crippen LogP contribution in [-0.2, 0) is 4.74 Å². The third-order valence-corrected chi connectivity index (χ3v) is 2.00. The highest BCUT2D eigenvalue weighted by molar-refractivity contribution is 5.88. The number of nitrogen functional groups attached to an aromatic ring is 1. The molecule has 0 amide bonds. The van der Waals surface area contributed by atoms with Crippen LogP contribution in [0.15, 0.2) is 24.7 Å². The lowest BCUT2D eigenvalue weighted by molar-refractivity contribution is 0.0519. The molecule has 2 aromatic heterocycles. The van der Waals surface area contributed by atoms with Crippen molar-refractivity contribution in [2.45, 2.75) is 6.92 Å². The van der Waals surface area contributed by atoms with Crippen LogP contribution in [0.25, 0.3) is 5.82 Å². The van der Waals surface area contributed by atoms with Crippen LogP contribution in [0.4, 0.5) is 5.82 Å². The summed E-state index contributed by atoms with van der Waals surface area (Å²) in [6.45, 7) is 2.02. The number of hydrogen-bond donors (Lipinski definition) is 1. The average Bonchev–Trinajstić information content (AvgIpc) is 2.73. The molecule has 0 saturated carbocycles. The number of nitrogens with zero attached hydrogens (tertiary/aromatic N) is 4. The van der Waals surface area contributed by atoms with E-state index in [2.05, 4.69) is 15.1 Å². The van der Waals surface area contributed by atoms with Crippen molar-refractivity contribution in [3.63, 3.8) is 0 Å². The monoisotopic (exact) mass is 233 g/mol. The maximum absolute atomic E-state index is 11.5. The molecule has 88 valence electrons. The molecular formula is C10H11N5O2. The van der Waals surface area contributed by atoms with Crippen LogP contribution in [0.2, 0.25) is 0 Å². The zero-order chi connectivity index (χ0) is 12.3. The number of nitrogens with two attached hydrogens (primary N) is 1. The SMILES string of the molecule is CCOC(=O)c1cc(N)n(-c2ccncn2)n1. The van der Waals surface area contributed by atoms with Gasteiger partial charge in [0.05, 0.1) is 6.61 Å². The van der Waals surface area contributed by atoms with Gasteiger partial charge < -0.3 is 10.5 Å². The van der Waals surface area contributed by atoms with E-state index in [0.29, 0.717) is 18.2 Å². The third-order valence-electron chi connectivity index (χ3n) is 2.00. The molecule has 2 heterocycles. The van der Waals surface area contributed by atoms with Crippen molar-refractivity contribution in [1.82, 2.24) is 19.7 Å². The second-order valence-corrected chi connectivity index (χ2v) is 3.15. The van der Waals surface area contributed by atoms with Crippen LogP contribution in [0.5, 0.6) is 0 Å². The maximum atomic E-state index is 11.5. The Labute approximate surface area is 97.2 Å². The van der Waals surface area contributed by atoms with E-state index in [1.54, 1.807) is 19.2 Å². The largest absolute Gasteiger partial charge is 0.461 e. The normalized spacial score (nSPS) is 10.2. The molecule has 0 aliphatic rings. The van der Waals surface area contributed by atoms with Gasteiger partial charge in [-0.15, -0.1) is 0 Å². The Morgan fingerprint density at radius 3 is 3.06 bits per heavy atom. The van der Waals surface area contributed by atoms with Crippen LogP contribution in [0.3, 0.4) is 0 Å². The maximum Gasteiger partial charge on any atom is 0.358 e. The number of rotatable bonds is 3. The molecular weight excluding hydrogens is 222 g/mol. The summed E-state index contributed by atoms with van der Waals surface area (Å²) in [6.07, 6.45) is 2.94. The smallest absolute Gasteiger partial charge is 0.358 e. The molecule has 0 spiro atoms. The summed E-state index contributed by atoms with van der Waals surface area (Å²) in [6, 6.07) is 3.08. The summed E-state index contributed by atoms with van der Waals surface area (Å²) in [5, 5.41) is 4.03. The number of carbonyl (C=O) groups excluding carboxylic acids is 1. The molecule has 2 N–H and O–H groups in total. The van der Waals surface area contributed by atoms with Gasteiger partial charge >= 0.3 is 5.97 Å². The highest BCUT2D eigenvalue weighted by atomic mass is 16.5. The molecule has 17 heavy (non-hydrogen) atoms.